The molecule has 1 N–H and O–H groups in total. The molecule has 2 rings (SSSR count). The molecule has 104 valence electrons. The van der Waals surface area contributed by atoms with Crippen LogP contribution in [0.1, 0.15) is 10.5 Å². The van der Waals surface area contributed by atoms with Crippen LogP contribution in [-0.2, 0) is 7.05 Å². The minimum Gasteiger partial charge on any atom is -0.345 e. The van der Waals surface area contributed by atoms with Crippen molar-refractivity contribution < 1.29 is 14.1 Å². The van der Waals surface area contributed by atoms with E-state index in [1.807, 2.05) is 0 Å². The Bertz CT molecular complexity index is 699. The van der Waals surface area contributed by atoms with Crippen molar-refractivity contribution in [1.82, 2.24) is 4.57 Å². The number of nitro benzene ring substituents is 1. The summed E-state index contributed by atoms with van der Waals surface area (Å²) in [6, 6.07) is 4.54. The molecule has 1 heterocycles. The summed E-state index contributed by atoms with van der Waals surface area (Å²) >= 11 is 3.23. The van der Waals surface area contributed by atoms with Crippen molar-refractivity contribution in [3.63, 3.8) is 0 Å². The molecule has 1 aromatic carbocycles. The van der Waals surface area contributed by atoms with Gasteiger partial charge in [-0.2, -0.15) is 0 Å². The summed E-state index contributed by atoms with van der Waals surface area (Å²) in [6.45, 7) is 0. The third-order valence-corrected chi connectivity index (χ3v) is 3.04. The lowest BCUT2D eigenvalue weighted by atomic mass is 10.2. The van der Waals surface area contributed by atoms with Crippen molar-refractivity contribution in [3.05, 3.63) is 56.6 Å². The van der Waals surface area contributed by atoms with E-state index >= 15 is 0 Å². The van der Waals surface area contributed by atoms with Crippen LogP contribution in [0.3, 0.4) is 0 Å². The number of aromatic nitrogens is 1. The molecule has 0 aliphatic carbocycles. The van der Waals surface area contributed by atoms with Gasteiger partial charge in [0.05, 0.1) is 11.0 Å². The molecule has 0 aliphatic rings. The van der Waals surface area contributed by atoms with E-state index in [1.54, 1.807) is 23.9 Å². The van der Waals surface area contributed by atoms with Crippen LogP contribution in [0.5, 0.6) is 0 Å². The number of rotatable bonds is 3. The molecule has 1 amide bonds. The number of nitrogens with zero attached hydrogens (tertiary/aromatic N) is 2. The summed E-state index contributed by atoms with van der Waals surface area (Å²) < 4.78 is 15.3. The van der Waals surface area contributed by atoms with Crippen LogP contribution in [0.4, 0.5) is 15.8 Å². The van der Waals surface area contributed by atoms with E-state index in [2.05, 4.69) is 21.2 Å². The van der Waals surface area contributed by atoms with E-state index in [0.717, 1.165) is 18.2 Å². The highest BCUT2D eigenvalue weighted by Crippen LogP contribution is 2.26. The molecule has 0 unspecified atom stereocenters. The molecule has 0 atom stereocenters. The SMILES string of the molecule is Cn1cc(Br)cc1C(=O)Nc1ccc(F)cc1[N+](=O)[O-]. The predicted octanol–water partition coefficient (Wildman–Crippen LogP) is 3.09. The van der Waals surface area contributed by atoms with Gasteiger partial charge in [-0.25, -0.2) is 4.39 Å². The van der Waals surface area contributed by atoms with Gasteiger partial charge in [-0.05, 0) is 34.1 Å². The molecule has 8 heteroatoms. The summed E-state index contributed by atoms with van der Waals surface area (Å²) in [5, 5.41) is 13.2. The summed E-state index contributed by atoms with van der Waals surface area (Å²) in [7, 11) is 1.67. The quantitative estimate of drug-likeness (QED) is 0.688. The molecule has 0 spiro atoms. The van der Waals surface area contributed by atoms with Crippen LogP contribution < -0.4 is 5.32 Å². The van der Waals surface area contributed by atoms with E-state index in [-0.39, 0.29) is 5.69 Å². The number of amides is 1. The van der Waals surface area contributed by atoms with Gasteiger partial charge in [-0.1, -0.05) is 0 Å². The zero-order valence-corrected chi connectivity index (χ0v) is 11.8. The molecule has 0 bridgehead atoms. The molecule has 20 heavy (non-hydrogen) atoms. The minimum absolute atomic E-state index is 0.0567. The van der Waals surface area contributed by atoms with Crippen LogP contribution in [-0.4, -0.2) is 15.4 Å². The number of hydrogen-bond donors (Lipinski definition) is 1. The number of aryl methyl sites for hydroxylation is 1. The Kier molecular flexibility index (Phi) is 3.84. The van der Waals surface area contributed by atoms with Gasteiger partial charge in [0.15, 0.2) is 0 Å². The van der Waals surface area contributed by atoms with Gasteiger partial charge in [0.25, 0.3) is 11.6 Å². The lowest BCUT2D eigenvalue weighted by molar-refractivity contribution is -0.384. The highest BCUT2D eigenvalue weighted by Gasteiger charge is 2.19. The first kappa shape index (κ1) is 14.2. The van der Waals surface area contributed by atoms with Crippen molar-refractivity contribution in [1.29, 1.82) is 0 Å². The van der Waals surface area contributed by atoms with Gasteiger partial charge in [0.2, 0.25) is 0 Å². The molecular formula is C12H9BrFN3O3. The number of carbonyl (C=O) groups excluding carboxylic acids is 1. The normalized spacial score (nSPS) is 10.3. The average Bonchev–Trinajstić information content (AvgIpc) is 2.70. The van der Waals surface area contributed by atoms with Gasteiger partial charge in [0.1, 0.15) is 17.2 Å². The van der Waals surface area contributed by atoms with E-state index in [0.29, 0.717) is 10.2 Å². The van der Waals surface area contributed by atoms with E-state index in [9.17, 15) is 19.3 Å². The molecule has 1 aromatic heterocycles. The Morgan fingerprint density at radius 1 is 1.45 bits per heavy atom. The first-order valence-electron chi connectivity index (χ1n) is 5.45. The average molecular weight is 342 g/mol. The minimum atomic E-state index is -0.750. The van der Waals surface area contributed by atoms with Crippen LogP contribution >= 0.6 is 15.9 Å². The zero-order chi connectivity index (χ0) is 14.9. The van der Waals surface area contributed by atoms with Crippen molar-refractivity contribution in [2.75, 3.05) is 5.32 Å². The van der Waals surface area contributed by atoms with Crippen LogP contribution in [0.2, 0.25) is 0 Å². The molecule has 0 saturated heterocycles. The monoisotopic (exact) mass is 341 g/mol. The Hall–Kier alpha value is -2.22. The summed E-state index contributed by atoms with van der Waals surface area (Å²) in [6.07, 6.45) is 1.67. The standard InChI is InChI=1S/C12H9BrFN3O3/c1-16-6-7(13)4-11(16)12(18)15-9-3-2-8(14)5-10(9)17(19)20/h2-6H,1H3,(H,15,18). The maximum atomic E-state index is 13.0. The Morgan fingerprint density at radius 3 is 2.70 bits per heavy atom. The second-order valence-electron chi connectivity index (χ2n) is 4.03. The molecule has 6 nitrogen and oxygen atoms in total. The van der Waals surface area contributed by atoms with Crippen LogP contribution in [0.25, 0.3) is 0 Å². The fourth-order valence-corrected chi connectivity index (χ4v) is 2.22. The van der Waals surface area contributed by atoms with Gasteiger partial charge in [0, 0.05) is 17.7 Å². The molecule has 0 fully saturated rings. The van der Waals surface area contributed by atoms with Gasteiger partial charge < -0.3 is 9.88 Å². The van der Waals surface area contributed by atoms with Crippen molar-refractivity contribution in [2.45, 2.75) is 0 Å². The van der Waals surface area contributed by atoms with Crippen molar-refractivity contribution in [2.24, 2.45) is 7.05 Å². The lowest BCUT2D eigenvalue weighted by Gasteiger charge is -2.06. The Balaban J connectivity index is 2.33. The number of benzene rings is 1. The number of anilines is 1. The molecule has 0 radical (unpaired) electrons. The smallest absolute Gasteiger partial charge is 0.295 e. The van der Waals surface area contributed by atoms with Crippen LogP contribution in [0, 0.1) is 15.9 Å². The van der Waals surface area contributed by atoms with Crippen molar-refractivity contribution >= 4 is 33.2 Å². The summed E-state index contributed by atoms with van der Waals surface area (Å²) in [5.41, 5.74) is -0.235. The predicted molar refractivity (Wildman–Crippen MR) is 74.1 cm³/mol. The van der Waals surface area contributed by atoms with E-state index < -0.39 is 22.3 Å². The maximum absolute atomic E-state index is 13.0. The summed E-state index contributed by atoms with van der Waals surface area (Å²) in [4.78, 5) is 22.1. The third kappa shape index (κ3) is 2.85. The first-order chi connectivity index (χ1) is 9.38. The number of nitrogens with one attached hydrogen (secondary N) is 1. The molecular weight excluding hydrogens is 333 g/mol. The molecule has 0 aliphatic heterocycles. The number of hydrogen-bond acceptors (Lipinski definition) is 3. The van der Waals surface area contributed by atoms with Gasteiger partial charge in [-0.15, -0.1) is 0 Å². The number of carbonyl (C=O) groups is 1. The highest BCUT2D eigenvalue weighted by atomic mass is 79.9. The van der Waals surface area contributed by atoms with Crippen molar-refractivity contribution in [3.8, 4) is 0 Å². The summed E-state index contributed by atoms with van der Waals surface area (Å²) in [5.74, 6) is -1.26. The van der Waals surface area contributed by atoms with E-state index in [4.69, 9.17) is 0 Å². The largest absolute Gasteiger partial charge is 0.345 e. The van der Waals surface area contributed by atoms with Gasteiger partial charge in [-0.3, -0.25) is 14.9 Å². The fourth-order valence-electron chi connectivity index (χ4n) is 1.70. The fraction of sp³-hybridized carbons (Fsp3) is 0.0833. The van der Waals surface area contributed by atoms with Crippen LogP contribution in [0.15, 0.2) is 34.9 Å². The topological polar surface area (TPSA) is 77.2 Å². The number of halogens is 2. The zero-order valence-electron chi connectivity index (χ0n) is 10.3. The number of nitro groups is 1. The lowest BCUT2D eigenvalue weighted by Crippen LogP contribution is -2.16. The molecule has 2 aromatic rings. The Morgan fingerprint density at radius 2 is 2.15 bits per heavy atom. The Labute approximate surface area is 121 Å². The van der Waals surface area contributed by atoms with E-state index in [1.165, 1.54) is 0 Å². The van der Waals surface area contributed by atoms with Gasteiger partial charge >= 0.3 is 0 Å². The molecule has 0 saturated carbocycles. The second kappa shape index (κ2) is 5.41. The second-order valence-corrected chi connectivity index (χ2v) is 4.94. The first-order valence-corrected chi connectivity index (χ1v) is 6.25. The third-order valence-electron chi connectivity index (χ3n) is 2.61. The maximum Gasteiger partial charge on any atom is 0.295 e. The highest BCUT2D eigenvalue weighted by molar-refractivity contribution is 9.10.